The number of nitrogens with zero attached hydrogens (tertiary/aromatic N) is 2. The predicted molar refractivity (Wildman–Crippen MR) is 81.4 cm³/mol. The van der Waals surface area contributed by atoms with Crippen molar-refractivity contribution in [3.8, 4) is 29.0 Å². The molecule has 0 aliphatic carbocycles. The molecule has 0 spiro atoms. The van der Waals surface area contributed by atoms with Gasteiger partial charge in [-0.2, -0.15) is 10.5 Å². The smallest absolute Gasteiger partial charge is 0.145 e. The molecule has 2 aromatic carbocycles. The monoisotopic (exact) mass is 275 g/mol. The molecule has 21 heavy (non-hydrogen) atoms. The van der Waals surface area contributed by atoms with Crippen LogP contribution in [0.2, 0.25) is 0 Å². The second kappa shape index (κ2) is 6.79. The summed E-state index contributed by atoms with van der Waals surface area (Å²) in [6, 6.07) is 19.1. The van der Waals surface area contributed by atoms with E-state index in [-0.39, 0.29) is 5.57 Å². The van der Waals surface area contributed by atoms with E-state index in [2.05, 4.69) is 5.32 Å². The van der Waals surface area contributed by atoms with E-state index in [0.717, 1.165) is 22.6 Å². The Morgan fingerprint density at radius 3 is 2.43 bits per heavy atom. The Labute approximate surface area is 123 Å². The molecule has 0 unspecified atom stereocenters. The van der Waals surface area contributed by atoms with Crippen molar-refractivity contribution in [3.63, 3.8) is 0 Å². The van der Waals surface area contributed by atoms with Gasteiger partial charge in [0.25, 0.3) is 0 Å². The van der Waals surface area contributed by atoms with Gasteiger partial charge in [0.1, 0.15) is 23.5 Å². The van der Waals surface area contributed by atoms with Crippen LogP contribution >= 0.6 is 0 Å². The zero-order chi connectivity index (χ0) is 15.1. The minimum absolute atomic E-state index is 0.0149. The first-order valence-electron chi connectivity index (χ1n) is 6.29. The Balaban J connectivity index is 2.32. The Morgan fingerprint density at radius 2 is 1.81 bits per heavy atom. The number of hydrogen-bond donors (Lipinski definition) is 1. The highest BCUT2D eigenvalue weighted by atomic mass is 16.5. The van der Waals surface area contributed by atoms with Gasteiger partial charge < -0.3 is 10.1 Å². The van der Waals surface area contributed by atoms with Gasteiger partial charge in [0.15, 0.2) is 0 Å². The average molecular weight is 275 g/mol. The third kappa shape index (κ3) is 3.40. The first kappa shape index (κ1) is 14.2. The molecule has 0 heterocycles. The van der Waals surface area contributed by atoms with Crippen LogP contribution in [0.4, 0.5) is 5.69 Å². The van der Waals surface area contributed by atoms with Crippen molar-refractivity contribution in [3.05, 3.63) is 60.3 Å². The molecule has 102 valence electrons. The summed E-state index contributed by atoms with van der Waals surface area (Å²) in [5, 5.41) is 20.3. The van der Waals surface area contributed by atoms with E-state index in [9.17, 15) is 0 Å². The molecule has 0 radical (unpaired) electrons. The van der Waals surface area contributed by atoms with Gasteiger partial charge in [-0.15, -0.1) is 0 Å². The summed E-state index contributed by atoms with van der Waals surface area (Å²) in [5.41, 5.74) is 2.80. The number of hydrogen-bond acceptors (Lipinski definition) is 4. The largest absolute Gasteiger partial charge is 0.496 e. The Hall–Kier alpha value is -3.24. The fourth-order valence-electron chi connectivity index (χ4n) is 1.88. The summed E-state index contributed by atoms with van der Waals surface area (Å²) in [6.45, 7) is 0. The van der Waals surface area contributed by atoms with Gasteiger partial charge in [0.05, 0.1) is 7.11 Å². The molecule has 1 N–H and O–H groups in total. The third-order valence-electron chi connectivity index (χ3n) is 2.91. The quantitative estimate of drug-likeness (QED) is 0.864. The van der Waals surface area contributed by atoms with Gasteiger partial charge in [0, 0.05) is 23.5 Å². The van der Waals surface area contributed by atoms with Gasteiger partial charge in [-0.3, -0.25) is 0 Å². The molecule has 0 amide bonds. The van der Waals surface area contributed by atoms with Crippen molar-refractivity contribution < 1.29 is 4.74 Å². The molecule has 0 atom stereocenters. The number of rotatable bonds is 4. The number of anilines is 1. The van der Waals surface area contributed by atoms with Crippen LogP contribution in [0.1, 0.15) is 0 Å². The maximum absolute atomic E-state index is 8.69. The summed E-state index contributed by atoms with van der Waals surface area (Å²) in [5.74, 6) is 0.718. The molecule has 0 aliphatic heterocycles. The molecular formula is C17H13N3O. The van der Waals surface area contributed by atoms with E-state index in [1.165, 1.54) is 6.20 Å². The summed E-state index contributed by atoms with van der Waals surface area (Å²) < 4.78 is 5.41. The van der Waals surface area contributed by atoms with Crippen LogP contribution in [0, 0.1) is 22.7 Å². The lowest BCUT2D eigenvalue weighted by Gasteiger charge is -2.11. The van der Waals surface area contributed by atoms with E-state index in [1.807, 2.05) is 48.5 Å². The lowest BCUT2D eigenvalue weighted by Crippen LogP contribution is -1.93. The van der Waals surface area contributed by atoms with Crippen LogP contribution in [0.3, 0.4) is 0 Å². The van der Waals surface area contributed by atoms with Gasteiger partial charge >= 0.3 is 0 Å². The van der Waals surface area contributed by atoms with E-state index in [4.69, 9.17) is 15.3 Å². The highest BCUT2D eigenvalue weighted by Gasteiger charge is 2.06. The Bertz CT molecular complexity index is 721. The van der Waals surface area contributed by atoms with Gasteiger partial charge in [0.2, 0.25) is 0 Å². The number of methoxy groups -OCH3 is 1. The molecular weight excluding hydrogens is 262 g/mol. The highest BCUT2D eigenvalue weighted by molar-refractivity contribution is 5.73. The molecule has 0 saturated heterocycles. The standard InChI is InChI=1S/C17H13N3O/c1-21-17-9-15(20-12-13(10-18)11-19)7-8-16(17)14-5-3-2-4-6-14/h2-9,12,20H,1H3. The van der Waals surface area contributed by atoms with Crippen molar-refractivity contribution in [2.75, 3.05) is 12.4 Å². The minimum atomic E-state index is 0.0149. The Kier molecular flexibility index (Phi) is 4.58. The molecule has 2 aromatic rings. The number of benzene rings is 2. The van der Waals surface area contributed by atoms with Gasteiger partial charge in [-0.05, 0) is 17.7 Å². The van der Waals surface area contributed by atoms with E-state index < -0.39 is 0 Å². The van der Waals surface area contributed by atoms with Crippen LogP contribution < -0.4 is 10.1 Å². The molecule has 2 rings (SSSR count). The highest BCUT2D eigenvalue weighted by Crippen LogP contribution is 2.32. The summed E-state index contributed by atoms with van der Waals surface area (Å²) in [4.78, 5) is 0. The molecule has 0 aromatic heterocycles. The average Bonchev–Trinajstić information content (AvgIpc) is 2.56. The zero-order valence-corrected chi connectivity index (χ0v) is 11.5. The van der Waals surface area contributed by atoms with Crippen LogP contribution in [0.15, 0.2) is 60.3 Å². The third-order valence-corrected chi connectivity index (χ3v) is 2.91. The summed E-state index contributed by atoms with van der Waals surface area (Å²) in [7, 11) is 1.61. The molecule has 0 aliphatic rings. The fourth-order valence-corrected chi connectivity index (χ4v) is 1.88. The predicted octanol–water partition coefficient (Wildman–Crippen LogP) is 3.71. The maximum atomic E-state index is 8.69. The molecule has 0 saturated carbocycles. The van der Waals surface area contributed by atoms with E-state index >= 15 is 0 Å². The zero-order valence-electron chi connectivity index (χ0n) is 11.5. The second-order valence-electron chi connectivity index (χ2n) is 4.21. The van der Waals surface area contributed by atoms with Crippen LogP contribution in [0.25, 0.3) is 11.1 Å². The molecule has 0 fully saturated rings. The van der Waals surface area contributed by atoms with E-state index in [0.29, 0.717) is 0 Å². The summed E-state index contributed by atoms with van der Waals surface area (Å²) >= 11 is 0. The summed E-state index contributed by atoms with van der Waals surface area (Å²) in [6.07, 6.45) is 1.37. The van der Waals surface area contributed by atoms with Crippen molar-refractivity contribution in [1.29, 1.82) is 10.5 Å². The minimum Gasteiger partial charge on any atom is -0.496 e. The topological polar surface area (TPSA) is 68.8 Å². The normalized spacial score (nSPS) is 9.10. The number of nitrogens with one attached hydrogen (secondary N) is 1. The molecule has 4 heteroatoms. The van der Waals surface area contributed by atoms with Crippen molar-refractivity contribution in [2.45, 2.75) is 0 Å². The lowest BCUT2D eigenvalue weighted by atomic mass is 10.0. The maximum Gasteiger partial charge on any atom is 0.145 e. The van der Waals surface area contributed by atoms with Crippen molar-refractivity contribution in [1.82, 2.24) is 0 Å². The molecule has 0 bridgehead atoms. The van der Waals surface area contributed by atoms with E-state index in [1.54, 1.807) is 19.2 Å². The second-order valence-corrected chi connectivity index (χ2v) is 4.21. The first-order chi connectivity index (χ1) is 10.3. The number of allylic oxidation sites excluding steroid dienone is 1. The van der Waals surface area contributed by atoms with Gasteiger partial charge in [-0.1, -0.05) is 30.3 Å². The van der Waals surface area contributed by atoms with Crippen LogP contribution in [-0.4, -0.2) is 7.11 Å². The molecule has 4 nitrogen and oxygen atoms in total. The number of ether oxygens (including phenoxy) is 1. The van der Waals surface area contributed by atoms with Crippen LogP contribution in [0.5, 0.6) is 5.75 Å². The van der Waals surface area contributed by atoms with Crippen LogP contribution in [-0.2, 0) is 0 Å². The number of nitriles is 2. The van der Waals surface area contributed by atoms with Gasteiger partial charge in [-0.25, -0.2) is 0 Å². The Morgan fingerprint density at radius 1 is 1.10 bits per heavy atom. The first-order valence-corrected chi connectivity index (χ1v) is 6.29. The lowest BCUT2D eigenvalue weighted by molar-refractivity contribution is 0.416. The van der Waals surface area contributed by atoms with Crippen molar-refractivity contribution >= 4 is 5.69 Å². The van der Waals surface area contributed by atoms with Crippen molar-refractivity contribution in [2.24, 2.45) is 0 Å². The fraction of sp³-hybridized carbons (Fsp3) is 0.0588. The SMILES string of the molecule is COc1cc(NC=C(C#N)C#N)ccc1-c1ccccc1.